The van der Waals surface area contributed by atoms with Gasteiger partial charge in [0.25, 0.3) is 0 Å². The second kappa shape index (κ2) is 6.49. The lowest BCUT2D eigenvalue weighted by Gasteiger charge is -2.39. The Balaban J connectivity index is 1.83. The molecule has 0 radical (unpaired) electrons. The van der Waals surface area contributed by atoms with E-state index in [0.29, 0.717) is 12.4 Å². The highest BCUT2D eigenvalue weighted by molar-refractivity contribution is 5.84. The van der Waals surface area contributed by atoms with Crippen molar-refractivity contribution in [3.63, 3.8) is 0 Å². The molecule has 1 fully saturated rings. The summed E-state index contributed by atoms with van der Waals surface area (Å²) in [5.74, 6) is 0.853. The zero-order valence-corrected chi connectivity index (χ0v) is 15.0. The zero-order valence-electron chi connectivity index (χ0n) is 15.0. The van der Waals surface area contributed by atoms with Gasteiger partial charge in [-0.15, -0.1) is 0 Å². The van der Waals surface area contributed by atoms with Crippen LogP contribution in [0.4, 0.5) is 5.95 Å². The Labute approximate surface area is 151 Å². The van der Waals surface area contributed by atoms with E-state index in [-0.39, 0.29) is 11.4 Å². The highest BCUT2D eigenvalue weighted by Crippen LogP contribution is 2.43. The molecular formula is C19H22N6O. The fourth-order valence-corrected chi connectivity index (χ4v) is 3.64. The monoisotopic (exact) mass is 350 g/mol. The van der Waals surface area contributed by atoms with E-state index in [2.05, 4.69) is 44.5 Å². The van der Waals surface area contributed by atoms with Gasteiger partial charge in [-0.05, 0) is 24.5 Å². The van der Waals surface area contributed by atoms with Crippen LogP contribution in [0.5, 0.6) is 0 Å². The number of rotatable bonds is 5. The van der Waals surface area contributed by atoms with Crippen molar-refractivity contribution in [2.45, 2.75) is 31.3 Å². The second-order valence-corrected chi connectivity index (χ2v) is 6.74. The molecule has 0 spiro atoms. The molecule has 0 atom stereocenters. The number of nitrogen functional groups attached to an aromatic ring is 1. The first-order chi connectivity index (χ1) is 12.6. The molecule has 0 bridgehead atoms. The van der Waals surface area contributed by atoms with Crippen molar-refractivity contribution in [3.8, 4) is 5.82 Å². The van der Waals surface area contributed by atoms with E-state index < -0.39 is 0 Å². The SMILES string of the molecule is C/N=C/C1(c2ccc3cnn(-c4cc(COC)nc(N)n4)c3c2)CCC1. The maximum atomic E-state index is 5.87. The summed E-state index contributed by atoms with van der Waals surface area (Å²) in [6.45, 7) is 0.375. The lowest BCUT2D eigenvalue weighted by Crippen LogP contribution is -2.35. The summed E-state index contributed by atoms with van der Waals surface area (Å²) < 4.78 is 6.98. The number of ether oxygens (including phenoxy) is 1. The third kappa shape index (κ3) is 2.74. The maximum Gasteiger partial charge on any atom is 0.222 e. The van der Waals surface area contributed by atoms with Crippen LogP contribution in [0.25, 0.3) is 16.7 Å². The van der Waals surface area contributed by atoms with Crippen molar-refractivity contribution in [1.29, 1.82) is 0 Å². The summed E-state index contributed by atoms with van der Waals surface area (Å²) in [4.78, 5) is 12.9. The van der Waals surface area contributed by atoms with Crippen molar-refractivity contribution in [3.05, 3.63) is 41.7 Å². The number of anilines is 1. The molecule has 1 aliphatic rings. The Hall–Kier alpha value is -2.80. The molecule has 0 amide bonds. The quantitative estimate of drug-likeness (QED) is 0.714. The summed E-state index contributed by atoms with van der Waals surface area (Å²) in [7, 11) is 3.46. The lowest BCUT2D eigenvalue weighted by atomic mass is 9.65. The van der Waals surface area contributed by atoms with Gasteiger partial charge in [-0.3, -0.25) is 4.99 Å². The van der Waals surface area contributed by atoms with Gasteiger partial charge in [-0.25, -0.2) is 9.67 Å². The predicted octanol–water partition coefficient (Wildman–Crippen LogP) is 2.67. The minimum atomic E-state index is 0.0456. The largest absolute Gasteiger partial charge is 0.378 e. The number of methoxy groups -OCH3 is 1. The van der Waals surface area contributed by atoms with Gasteiger partial charge in [0.15, 0.2) is 5.82 Å². The summed E-state index contributed by atoms with van der Waals surface area (Å²) in [6.07, 6.45) is 7.41. The van der Waals surface area contributed by atoms with E-state index in [4.69, 9.17) is 10.5 Å². The van der Waals surface area contributed by atoms with Crippen LogP contribution in [-0.2, 0) is 16.8 Å². The highest BCUT2D eigenvalue weighted by atomic mass is 16.5. The zero-order chi connectivity index (χ0) is 18.1. The average Bonchev–Trinajstić information content (AvgIpc) is 3.01. The number of aliphatic imine (C=N–C) groups is 1. The first-order valence-corrected chi connectivity index (χ1v) is 8.69. The van der Waals surface area contributed by atoms with Crippen LogP contribution in [-0.4, -0.2) is 40.1 Å². The van der Waals surface area contributed by atoms with Gasteiger partial charge >= 0.3 is 0 Å². The van der Waals surface area contributed by atoms with Crippen LogP contribution in [0, 0.1) is 0 Å². The first-order valence-electron chi connectivity index (χ1n) is 8.69. The van der Waals surface area contributed by atoms with Gasteiger partial charge in [-0.2, -0.15) is 10.1 Å². The molecule has 0 saturated heterocycles. The van der Waals surface area contributed by atoms with E-state index in [9.17, 15) is 0 Å². The molecule has 0 unspecified atom stereocenters. The van der Waals surface area contributed by atoms with Crippen LogP contribution >= 0.6 is 0 Å². The van der Waals surface area contributed by atoms with Gasteiger partial charge in [0, 0.05) is 37.2 Å². The lowest BCUT2D eigenvalue weighted by molar-refractivity contribution is 0.181. The standard InChI is InChI=1S/C19H22N6O/c1-21-12-19(6-3-7-19)14-5-4-13-10-22-25(16(13)8-14)17-9-15(11-26-2)23-18(20)24-17/h4-5,8-10,12H,3,6-7,11H2,1-2H3,(H2,20,23,24)/b21-12+. The number of aromatic nitrogens is 4. The van der Waals surface area contributed by atoms with E-state index in [0.717, 1.165) is 29.4 Å². The third-order valence-electron chi connectivity index (χ3n) is 5.06. The molecule has 3 aromatic rings. The molecule has 7 heteroatoms. The van der Waals surface area contributed by atoms with Crippen LogP contribution in [0.15, 0.2) is 35.5 Å². The molecule has 134 valence electrons. The third-order valence-corrected chi connectivity index (χ3v) is 5.06. The molecule has 0 aliphatic heterocycles. The Kier molecular flexibility index (Phi) is 4.16. The minimum Gasteiger partial charge on any atom is -0.378 e. The number of nitrogens with zero attached hydrogens (tertiary/aromatic N) is 5. The molecule has 2 heterocycles. The van der Waals surface area contributed by atoms with Gasteiger partial charge in [-0.1, -0.05) is 18.6 Å². The van der Waals surface area contributed by atoms with Gasteiger partial charge < -0.3 is 10.5 Å². The molecule has 4 rings (SSSR count). The summed E-state index contributed by atoms with van der Waals surface area (Å²) >= 11 is 0. The molecule has 2 N–H and O–H groups in total. The van der Waals surface area contributed by atoms with Gasteiger partial charge in [0.05, 0.1) is 24.0 Å². The molecule has 1 aromatic carbocycles. The minimum absolute atomic E-state index is 0.0456. The molecule has 7 nitrogen and oxygen atoms in total. The number of hydrogen-bond acceptors (Lipinski definition) is 6. The number of nitrogens with two attached hydrogens (primary N) is 1. The van der Waals surface area contributed by atoms with Gasteiger partial charge in [0.2, 0.25) is 5.95 Å². The normalized spacial score (nSPS) is 16.2. The van der Waals surface area contributed by atoms with E-state index in [1.807, 2.05) is 24.0 Å². The maximum absolute atomic E-state index is 5.87. The fourth-order valence-electron chi connectivity index (χ4n) is 3.64. The summed E-state index contributed by atoms with van der Waals surface area (Å²) in [6, 6.07) is 8.33. The Morgan fingerprint density at radius 3 is 2.85 bits per heavy atom. The molecule has 1 saturated carbocycles. The van der Waals surface area contributed by atoms with Crippen molar-refractivity contribution >= 4 is 23.1 Å². The van der Waals surface area contributed by atoms with Crippen LogP contribution in [0.3, 0.4) is 0 Å². The van der Waals surface area contributed by atoms with Crippen molar-refractivity contribution in [2.75, 3.05) is 19.9 Å². The fraction of sp³-hybridized carbons (Fsp3) is 0.368. The average molecular weight is 350 g/mol. The van der Waals surface area contributed by atoms with Crippen molar-refractivity contribution < 1.29 is 4.74 Å². The molecule has 26 heavy (non-hydrogen) atoms. The van der Waals surface area contributed by atoms with Crippen molar-refractivity contribution in [1.82, 2.24) is 19.7 Å². The van der Waals surface area contributed by atoms with E-state index in [1.165, 1.54) is 12.0 Å². The van der Waals surface area contributed by atoms with Crippen molar-refractivity contribution in [2.24, 2.45) is 4.99 Å². The number of benzene rings is 1. The summed E-state index contributed by atoms with van der Waals surface area (Å²) in [5, 5.41) is 5.57. The smallest absolute Gasteiger partial charge is 0.222 e. The Bertz CT molecular complexity index is 973. The van der Waals surface area contributed by atoms with Crippen LogP contribution < -0.4 is 5.73 Å². The predicted molar refractivity (Wildman–Crippen MR) is 102 cm³/mol. The second-order valence-electron chi connectivity index (χ2n) is 6.74. The Morgan fingerprint density at radius 1 is 1.31 bits per heavy atom. The van der Waals surface area contributed by atoms with Crippen LogP contribution in [0.2, 0.25) is 0 Å². The number of fused-ring (bicyclic) bond motifs is 1. The molecule has 2 aromatic heterocycles. The topological polar surface area (TPSA) is 91.2 Å². The first kappa shape index (κ1) is 16.7. The van der Waals surface area contributed by atoms with E-state index in [1.54, 1.807) is 7.11 Å². The Morgan fingerprint density at radius 2 is 2.15 bits per heavy atom. The van der Waals surface area contributed by atoms with Crippen LogP contribution in [0.1, 0.15) is 30.5 Å². The molecule has 1 aliphatic carbocycles. The number of hydrogen-bond donors (Lipinski definition) is 1. The van der Waals surface area contributed by atoms with Gasteiger partial charge in [0.1, 0.15) is 0 Å². The highest BCUT2D eigenvalue weighted by Gasteiger charge is 2.37. The summed E-state index contributed by atoms with van der Waals surface area (Å²) in [5.41, 5.74) is 8.91. The van der Waals surface area contributed by atoms with E-state index >= 15 is 0 Å². The molecular weight excluding hydrogens is 328 g/mol.